The molecule has 0 unspecified atom stereocenters. The summed E-state index contributed by atoms with van der Waals surface area (Å²) in [4.78, 5) is 0.155. The number of rotatable bonds is 7. The molecule has 0 aliphatic carbocycles. The zero-order valence-electron chi connectivity index (χ0n) is 15.9. The van der Waals surface area contributed by atoms with Crippen molar-refractivity contribution in [3.8, 4) is 11.3 Å². The van der Waals surface area contributed by atoms with Gasteiger partial charge in [0.1, 0.15) is 5.69 Å². The fourth-order valence-electron chi connectivity index (χ4n) is 3.10. The Morgan fingerprint density at radius 1 is 0.900 bits per heavy atom. The van der Waals surface area contributed by atoms with Gasteiger partial charge in [-0.2, -0.15) is 0 Å². The molecule has 0 aliphatic rings. The van der Waals surface area contributed by atoms with Gasteiger partial charge in [-0.1, -0.05) is 77.5 Å². The van der Waals surface area contributed by atoms with Gasteiger partial charge in [-0.25, -0.2) is 17.8 Å². The molecule has 4 aromatic rings. The zero-order chi connectivity index (χ0) is 21.0. The van der Waals surface area contributed by atoms with Gasteiger partial charge in [0, 0.05) is 17.1 Å². The molecule has 0 amide bonds. The summed E-state index contributed by atoms with van der Waals surface area (Å²) in [5.74, 6) is 0. The molecule has 0 bridgehead atoms. The molecule has 30 heavy (non-hydrogen) atoms. The Labute approximate surface area is 180 Å². The van der Waals surface area contributed by atoms with Crippen molar-refractivity contribution in [3.05, 3.63) is 102 Å². The molecule has 0 saturated carbocycles. The molecular weight excluding hydrogens is 420 g/mol. The lowest BCUT2D eigenvalue weighted by Crippen LogP contribution is -2.31. The van der Waals surface area contributed by atoms with Crippen LogP contribution in [0.15, 0.2) is 96.0 Å². The first kappa shape index (κ1) is 20.3. The highest BCUT2D eigenvalue weighted by Gasteiger charge is 2.21. The summed E-state index contributed by atoms with van der Waals surface area (Å²) in [6.07, 6.45) is 1.82. The Hall–Kier alpha value is -3.00. The summed E-state index contributed by atoms with van der Waals surface area (Å²) in [6, 6.07) is 25.0. The number of benzene rings is 3. The minimum absolute atomic E-state index is 0.118. The van der Waals surface area contributed by atoms with Gasteiger partial charge in [0.2, 0.25) is 10.0 Å². The molecule has 0 fully saturated rings. The molecule has 0 aliphatic heterocycles. The van der Waals surface area contributed by atoms with Crippen LogP contribution in [0.3, 0.4) is 0 Å². The average Bonchev–Trinajstić information content (AvgIpc) is 3.25. The van der Waals surface area contributed by atoms with Crippen molar-refractivity contribution in [1.82, 2.24) is 19.7 Å². The van der Waals surface area contributed by atoms with Gasteiger partial charge in [0.15, 0.2) is 0 Å². The number of nitrogens with one attached hydrogen (secondary N) is 1. The molecule has 1 heterocycles. The largest absolute Gasteiger partial charge is 0.243 e. The third-order valence-corrected chi connectivity index (χ3v) is 6.37. The lowest BCUT2D eigenvalue weighted by atomic mass is 10.1. The molecule has 1 atom stereocenters. The number of hydrogen-bond donors (Lipinski definition) is 1. The van der Waals surface area contributed by atoms with E-state index in [0.29, 0.717) is 5.02 Å². The summed E-state index contributed by atoms with van der Waals surface area (Å²) < 4.78 is 29.8. The molecule has 6 nitrogen and oxygen atoms in total. The van der Waals surface area contributed by atoms with E-state index in [4.69, 9.17) is 11.6 Å². The Morgan fingerprint density at radius 3 is 2.20 bits per heavy atom. The third kappa shape index (κ3) is 4.59. The van der Waals surface area contributed by atoms with Crippen LogP contribution in [0.1, 0.15) is 11.6 Å². The average molecular weight is 439 g/mol. The monoisotopic (exact) mass is 438 g/mol. The Morgan fingerprint density at radius 2 is 1.53 bits per heavy atom. The molecule has 3 aromatic carbocycles. The van der Waals surface area contributed by atoms with Crippen molar-refractivity contribution in [2.75, 3.05) is 6.54 Å². The molecule has 0 saturated heterocycles. The van der Waals surface area contributed by atoms with Gasteiger partial charge in [-0.05, 0) is 29.8 Å². The fraction of sp³-hybridized carbons (Fsp3) is 0.0909. The number of nitrogens with zero attached hydrogens (tertiary/aromatic N) is 3. The van der Waals surface area contributed by atoms with Crippen LogP contribution in [0.2, 0.25) is 5.02 Å². The minimum Gasteiger partial charge on any atom is -0.243 e. The SMILES string of the molecule is O=S(=O)(NC[C@@H](c1ccccc1)n1cc(-c2ccccc2)nn1)c1ccc(Cl)cc1. The van der Waals surface area contributed by atoms with Gasteiger partial charge in [0.05, 0.1) is 17.1 Å². The summed E-state index contributed by atoms with van der Waals surface area (Å²) >= 11 is 5.87. The maximum Gasteiger partial charge on any atom is 0.240 e. The Balaban J connectivity index is 1.62. The van der Waals surface area contributed by atoms with Crippen LogP contribution < -0.4 is 4.72 Å². The smallest absolute Gasteiger partial charge is 0.240 e. The molecule has 0 radical (unpaired) electrons. The molecule has 1 aromatic heterocycles. The second-order valence-electron chi connectivity index (χ2n) is 6.68. The maximum atomic E-state index is 12.7. The lowest BCUT2D eigenvalue weighted by Gasteiger charge is -2.18. The highest BCUT2D eigenvalue weighted by Crippen LogP contribution is 2.22. The number of sulfonamides is 1. The van der Waals surface area contributed by atoms with Crippen LogP contribution in [0.25, 0.3) is 11.3 Å². The first-order valence-electron chi connectivity index (χ1n) is 9.30. The molecule has 0 spiro atoms. The predicted octanol–water partition coefficient (Wildman–Crippen LogP) is 4.17. The van der Waals surface area contributed by atoms with Gasteiger partial charge < -0.3 is 0 Å². The predicted molar refractivity (Wildman–Crippen MR) is 117 cm³/mol. The first-order valence-corrected chi connectivity index (χ1v) is 11.2. The number of aromatic nitrogens is 3. The summed E-state index contributed by atoms with van der Waals surface area (Å²) in [7, 11) is -3.70. The third-order valence-electron chi connectivity index (χ3n) is 4.67. The maximum absolute atomic E-state index is 12.7. The highest BCUT2D eigenvalue weighted by molar-refractivity contribution is 7.89. The van der Waals surface area contributed by atoms with Crippen LogP contribution >= 0.6 is 11.6 Å². The van der Waals surface area contributed by atoms with Crippen LogP contribution in [-0.2, 0) is 10.0 Å². The number of hydrogen-bond acceptors (Lipinski definition) is 4. The van der Waals surface area contributed by atoms with Crippen molar-refractivity contribution < 1.29 is 8.42 Å². The molecule has 152 valence electrons. The van der Waals surface area contributed by atoms with Gasteiger partial charge in [-0.3, -0.25) is 0 Å². The van der Waals surface area contributed by atoms with Crippen LogP contribution in [-0.4, -0.2) is 30.0 Å². The zero-order valence-corrected chi connectivity index (χ0v) is 17.5. The van der Waals surface area contributed by atoms with Gasteiger partial charge in [0.25, 0.3) is 0 Å². The van der Waals surface area contributed by atoms with Crippen LogP contribution in [0.4, 0.5) is 0 Å². The Kier molecular flexibility index (Phi) is 5.94. The van der Waals surface area contributed by atoms with Gasteiger partial charge >= 0.3 is 0 Å². The highest BCUT2D eigenvalue weighted by atomic mass is 35.5. The van der Waals surface area contributed by atoms with E-state index in [0.717, 1.165) is 16.8 Å². The quantitative estimate of drug-likeness (QED) is 0.470. The minimum atomic E-state index is -3.70. The molecule has 8 heteroatoms. The fourth-order valence-corrected chi connectivity index (χ4v) is 4.26. The van der Waals surface area contributed by atoms with E-state index in [-0.39, 0.29) is 17.5 Å². The molecule has 1 N–H and O–H groups in total. The van der Waals surface area contributed by atoms with E-state index in [1.807, 2.05) is 66.9 Å². The van der Waals surface area contributed by atoms with E-state index in [9.17, 15) is 8.42 Å². The number of halogens is 1. The van der Waals surface area contributed by atoms with Crippen molar-refractivity contribution in [2.24, 2.45) is 0 Å². The molecule has 4 rings (SSSR count). The summed E-state index contributed by atoms with van der Waals surface area (Å²) in [5, 5.41) is 9.01. The van der Waals surface area contributed by atoms with Crippen molar-refractivity contribution >= 4 is 21.6 Å². The van der Waals surface area contributed by atoms with E-state index >= 15 is 0 Å². The standard InChI is InChI=1S/C22H19ClN4O2S/c23-19-11-13-20(14-12-19)30(28,29)24-15-22(18-9-5-2-6-10-18)27-16-21(25-26-27)17-7-3-1-4-8-17/h1-14,16,22,24H,15H2/t22-/m0/s1. The Bertz CT molecular complexity index is 1210. The summed E-state index contributed by atoms with van der Waals surface area (Å²) in [5.41, 5.74) is 2.58. The van der Waals surface area contributed by atoms with E-state index in [1.54, 1.807) is 16.8 Å². The second kappa shape index (κ2) is 8.79. The summed E-state index contributed by atoms with van der Waals surface area (Å²) in [6.45, 7) is 0.118. The van der Waals surface area contributed by atoms with Crippen molar-refractivity contribution in [2.45, 2.75) is 10.9 Å². The normalized spacial score (nSPS) is 12.6. The van der Waals surface area contributed by atoms with Crippen LogP contribution in [0.5, 0.6) is 0 Å². The molecular formula is C22H19ClN4O2S. The van der Waals surface area contributed by atoms with E-state index < -0.39 is 10.0 Å². The van der Waals surface area contributed by atoms with Gasteiger partial charge in [-0.15, -0.1) is 5.10 Å². The van der Waals surface area contributed by atoms with Crippen LogP contribution in [0, 0.1) is 0 Å². The van der Waals surface area contributed by atoms with Crippen molar-refractivity contribution in [3.63, 3.8) is 0 Å². The van der Waals surface area contributed by atoms with Crippen molar-refractivity contribution in [1.29, 1.82) is 0 Å². The van der Waals surface area contributed by atoms with E-state index in [2.05, 4.69) is 15.0 Å². The topological polar surface area (TPSA) is 76.9 Å². The van der Waals surface area contributed by atoms with E-state index in [1.165, 1.54) is 12.1 Å². The lowest BCUT2D eigenvalue weighted by molar-refractivity contribution is 0.492. The first-order chi connectivity index (χ1) is 14.5. The second-order valence-corrected chi connectivity index (χ2v) is 8.89.